The van der Waals surface area contributed by atoms with Crippen LogP contribution in [0.15, 0.2) is 79.3 Å². The first-order valence-electron chi connectivity index (χ1n) is 10.2. The lowest BCUT2D eigenvalue weighted by molar-refractivity contribution is -0.122. The van der Waals surface area contributed by atoms with Crippen LogP contribution < -0.4 is 5.32 Å². The van der Waals surface area contributed by atoms with Gasteiger partial charge >= 0.3 is 0 Å². The molecule has 0 fully saturated rings. The van der Waals surface area contributed by atoms with Crippen molar-refractivity contribution in [3.63, 3.8) is 0 Å². The molecule has 2 heterocycles. The lowest BCUT2D eigenvalue weighted by atomic mass is 10.00. The minimum absolute atomic E-state index is 0.104. The predicted molar refractivity (Wildman–Crippen MR) is 120 cm³/mol. The molecule has 0 atom stereocenters. The molecule has 0 aliphatic rings. The number of phenolic OH excluding ortho intramolecular Hbond substituents is 1. The van der Waals surface area contributed by atoms with E-state index in [1.807, 2.05) is 61.5 Å². The van der Waals surface area contributed by atoms with E-state index in [4.69, 9.17) is 0 Å². The average Bonchev–Trinajstić information content (AvgIpc) is 3.27. The number of nitrogens with zero attached hydrogens (tertiary/aromatic N) is 3. The van der Waals surface area contributed by atoms with Crippen LogP contribution in [0.4, 0.5) is 0 Å². The molecular formula is C25H24N4O2. The van der Waals surface area contributed by atoms with Gasteiger partial charge in [-0.1, -0.05) is 43.3 Å². The highest BCUT2D eigenvalue weighted by Gasteiger charge is 2.08. The summed E-state index contributed by atoms with van der Waals surface area (Å²) >= 11 is 0. The van der Waals surface area contributed by atoms with Crippen LogP contribution in [-0.4, -0.2) is 25.8 Å². The van der Waals surface area contributed by atoms with Crippen LogP contribution in [0.1, 0.15) is 18.1 Å². The van der Waals surface area contributed by atoms with Crippen molar-refractivity contribution in [3.8, 4) is 28.1 Å². The van der Waals surface area contributed by atoms with E-state index in [-0.39, 0.29) is 12.5 Å². The predicted octanol–water partition coefficient (Wildman–Crippen LogP) is 4.20. The highest BCUT2D eigenvalue weighted by Crippen LogP contribution is 2.28. The number of phenols is 1. The standard InChI is InChI=1S/C25H24N4O2/c1-2-19-14-22(9-10-24(19)30)20-5-7-21(8-6-20)23-11-13-29(28-23)17-25(31)27-16-18-4-3-12-26-15-18/h3-15,30H,2,16-17H2,1H3,(H,27,31). The zero-order valence-electron chi connectivity index (χ0n) is 17.3. The molecule has 6 heteroatoms. The van der Waals surface area contributed by atoms with Gasteiger partial charge in [-0.2, -0.15) is 5.10 Å². The number of aromatic nitrogens is 3. The van der Waals surface area contributed by atoms with Gasteiger partial charge in [-0.05, 0) is 52.9 Å². The van der Waals surface area contributed by atoms with Crippen LogP contribution in [0.5, 0.6) is 5.75 Å². The molecule has 2 aromatic carbocycles. The Morgan fingerprint density at radius 2 is 1.81 bits per heavy atom. The molecule has 0 radical (unpaired) electrons. The molecule has 0 unspecified atom stereocenters. The zero-order valence-corrected chi connectivity index (χ0v) is 17.3. The van der Waals surface area contributed by atoms with Crippen LogP contribution in [0, 0.1) is 0 Å². The summed E-state index contributed by atoms with van der Waals surface area (Å²) in [6, 6.07) is 19.5. The van der Waals surface area contributed by atoms with Gasteiger partial charge in [-0.25, -0.2) is 0 Å². The third kappa shape index (κ3) is 4.98. The van der Waals surface area contributed by atoms with Gasteiger partial charge in [0.2, 0.25) is 5.91 Å². The zero-order chi connectivity index (χ0) is 21.6. The minimum Gasteiger partial charge on any atom is -0.508 e. The molecule has 0 aliphatic carbocycles. The Bertz CT molecular complexity index is 1170. The maximum Gasteiger partial charge on any atom is 0.241 e. The van der Waals surface area contributed by atoms with E-state index in [2.05, 4.69) is 15.4 Å². The van der Waals surface area contributed by atoms with Crippen molar-refractivity contribution in [1.82, 2.24) is 20.1 Å². The summed E-state index contributed by atoms with van der Waals surface area (Å²) in [5, 5.41) is 17.3. The molecule has 0 bridgehead atoms. The third-order valence-corrected chi connectivity index (χ3v) is 5.13. The molecule has 2 N–H and O–H groups in total. The molecule has 2 aromatic heterocycles. The summed E-state index contributed by atoms with van der Waals surface area (Å²) in [6.45, 7) is 2.63. The Morgan fingerprint density at radius 3 is 2.55 bits per heavy atom. The number of carbonyl (C=O) groups is 1. The summed E-state index contributed by atoms with van der Waals surface area (Å²) < 4.78 is 1.63. The molecule has 4 aromatic rings. The quantitative estimate of drug-likeness (QED) is 0.477. The summed E-state index contributed by atoms with van der Waals surface area (Å²) in [5.74, 6) is 0.228. The van der Waals surface area contributed by atoms with E-state index >= 15 is 0 Å². The SMILES string of the molecule is CCc1cc(-c2ccc(-c3ccn(CC(=O)NCc4cccnc4)n3)cc2)ccc1O. The number of hydrogen-bond donors (Lipinski definition) is 2. The fourth-order valence-electron chi connectivity index (χ4n) is 3.39. The molecule has 4 rings (SSSR count). The number of aromatic hydroxyl groups is 1. The van der Waals surface area contributed by atoms with Gasteiger partial charge in [-0.15, -0.1) is 0 Å². The van der Waals surface area contributed by atoms with E-state index < -0.39 is 0 Å². The number of amides is 1. The number of benzene rings is 2. The van der Waals surface area contributed by atoms with Gasteiger partial charge in [-0.3, -0.25) is 14.5 Å². The summed E-state index contributed by atoms with van der Waals surface area (Å²) in [6.07, 6.45) is 6.03. The Morgan fingerprint density at radius 1 is 1.03 bits per heavy atom. The van der Waals surface area contributed by atoms with E-state index in [9.17, 15) is 9.90 Å². The average molecular weight is 412 g/mol. The van der Waals surface area contributed by atoms with Crippen LogP contribution in [-0.2, 0) is 24.3 Å². The van der Waals surface area contributed by atoms with Crippen molar-refractivity contribution < 1.29 is 9.90 Å². The largest absolute Gasteiger partial charge is 0.508 e. The van der Waals surface area contributed by atoms with Gasteiger partial charge in [0.25, 0.3) is 0 Å². The van der Waals surface area contributed by atoms with Crippen molar-refractivity contribution >= 4 is 5.91 Å². The van der Waals surface area contributed by atoms with Gasteiger partial charge in [0.1, 0.15) is 12.3 Å². The first kappa shape index (κ1) is 20.3. The number of hydrogen-bond acceptors (Lipinski definition) is 4. The molecule has 0 saturated heterocycles. The summed E-state index contributed by atoms with van der Waals surface area (Å²) in [7, 11) is 0. The third-order valence-electron chi connectivity index (χ3n) is 5.13. The number of pyridine rings is 1. The van der Waals surface area contributed by atoms with Crippen LogP contribution >= 0.6 is 0 Å². The van der Waals surface area contributed by atoms with Gasteiger partial charge in [0.15, 0.2) is 0 Å². The Labute approximate surface area is 181 Å². The highest BCUT2D eigenvalue weighted by molar-refractivity contribution is 5.75. The summed E-state index contributed by atoms with van der Waals surface area (Å²) in [5.41, 5.74) is 5.82. The van der Waals surface area contributed by atoms with Crippen molar-refractivity contribution in [1.29, 1.82) is 0 Å². The normalized spacial score (nSPS) is 10.7. The van der Waals surface area contributed by atoms with Gasteiger partial charge in [0.05, 0.1) is 5.69 Å². The second-order valence-electron chi connectivity index (χ2n) is 7.31. The lowest BCUT2D eigenvalue weighted by Gasteiger charge is -2.07. The Kier molecular flexibility index (Phi) is 6.08. The fourth-order valence-corrected chi connectivity index (χ4v) is 3.39. The molecular weight excluding hydrogens is 388 g/mol. The van der Waals surface area contributed by atoms with Crippen molar-refractivity contribution in [2.45, 2.75) is 26.4 Å². The molecule has 1 amide bonds. The molecule has 31 heavy (non-hydrogen) atoms. The Balaban J connectivity index is 1.40. The number of carbonyl (C=O) groups excluding carboxylic acids is 1. The monoisotopic (exact) mass is 412 g/mol. The smallest absolute Gasteiger partial charge is 0.241 e. The second kappa shape index (κ2) is 9.26. The van der Waals surface area contributed by atoms with Crippen LogP contribution in [0.3, 0.4) is 0 Å². The molecule has 6 nitrogen and oxygen atoms in total. The first-order chi connectivity index (χ1) is 15.1. The van der Waals surface area contributed by atoms with Crippen molar-refractivity contribution in [2.75, 3.05) is 0 Å². The molecule has 0 aliphatic heterocycles. The summed E-state index contributed by atoms with van der Waals surface area (Å²) in [4.78, 5) is 16.2. The Hall–Kier alpha value is -3.93. The van der Waals surface area contributed by atoms with Gasteiger partial charge < -0.3 is 10.4 Å². The highest BCUT2D eigenvalue weighted by atomic mass is 16.3. The topological polar surface area (TPSA) is 80.0 Å². The van der Waals surface area contributed by atoms with Crippen molar-refractivity contribution in [2.24, 2.45) is 0 Å². The maximum atomic E-state index is 12.2. The first-order valence-corrected chi connectivity index (χ1v) is 10.2. The van der Waals surface area contributed by atoms with Crippen LogP contribution in [0.25, 0.3) is 22.4 Å². The number of nitrogens with one attached hydrogen (secondary N) is 1. The second-order valence-corrected chi connectivity index (χ2v) is 7.31. The molecule has 0 spiro atoms. The van der Waals surface area contributed by atoms with E-state index in [0.717, 1.165) is 39.9 Å². The molecule has 0 saturated carbocycles. The molecule has 156 valence electrons. The fraction of sp³-hybridized carbons (Fsp3) is 0.160. The van der Waals surface area contributed by atoms with Crippen molar-refractivity contribution in [3.05, 3.63) is 90.4 Å². The minimum atomic E-state index is -0.104. The number of aryl methyl sites for hydroxylation is 1. The number of rotatable bonds is 7. The van der Waals surface area contributed by atoms with Gasteiger partial charge in [0, 0.05) is 30.7 Å². The van der Waals surface area contributed by atoms with Crippen LogP contribution in [0.2, 0.25) is 0 Å². The lowest BCUT2D eigenvalue weighted by Crippen LogP contribution is -2.27. The maximum absolute atomic E-state index is 12.2. The van der Waals surface area contributed by atoms with E-state index in [1.165, 1.54) is 0 Å². The van der Waals surface area contributed by atoms with E-state index in [1.54, 1.807) is 29.3 Å². The van der Waals surface area contributed by atoms with E-state index in [0.29, 0.717) is 12.3 Å².